The Bertz CT molecular complexity index is 962. The number of carbonyl (C=O) groups excluding carboxylic acids is 2. The van der Waals surface area contributed by atoms with Gasteiger partial charge in [-0.05, 0) is 38.0 Å². The number of aryl methyl sites for hydroxylation is 2. The van der Waals surface area contributed by atoms with Crippen molar-refractivity contribution in [2.75, 3.05) is 5.32 Å². The molecule has 0 atom stereocenters. The number of fused-ring (bicyclic) bond motifs is 1. The first-order valence-electron chi connectivity index (χ1n) is 8.47. The maximum atomic E-state index is 12.5. The minimum Gasteiger partial charge on any atom is -0.332 e. The van der Waals surface area contributed by atoms with Gasteiger partial charge in [0.15, 0.2) is 0 Å². The average molecular weight is 354 g/mol. The van der Waals surface area contributed by atoms with Crippen molar-refractivity contribution < 1.29 is 9.59 Å². The lowest BCUT2D eigenvalue weighted by Crippen LogP contribution is -2.30. The molecule has 0 radical (unpaired) electrons. The normalized spacial score (nSPS) is 12.8. The van der Waals surface area contributed by atoms with E-state index in [9.17, 15) is 14.4 Å². The number of nitrogens with zero attached hydrogens (tertiary/aromatic N) is 3. The predicted octanol–water partition coefficient (Wildman–Crippen LogP) is 1.58. The van der Waals surface area contributed by atoms with Crippen LogP contribution in [-0.2, 0) is 29.7 Å². The molecule has 0 fully saturated rings. The van der Waals surface area contributed by atoms with Crippen LogP contribution < -0.4 is 10.9 Å². The number of anilines is 1. The van der Waals surface area contributed by atoms with Crippen LogP contribution in [0.4, 0.5) is 5.69 Å². The molecule has 1 aliphatic heterocycles. The number of benzene rings is 1. The highest BCUT2D eigenvalue weighted by Gasteiger charge is 2.29. The van der Waals surface area contributed by atoms with E-state index in [2.05, 4.69) is 10.3 Å². The van der Waals surface area contributed by atoms with E-state index >= 15 is 0 Å². The predicted molar refractivity (Wildman–Crippen MR) is 97.6 cm³/mol. The molecule has 2 amide bonds. The molecule has 136 valence electrons. The third kappa shape index (κ3) is 3.24. The number of hydrogen-bond acceptors (Lipinski definition) is 4. The fourth-order valence-corrected chi connectivity index (χ4v) is 3.03. The monoisotopic (exact) mass is 354 g/mol. The molecule has 0 aliphatic carbocycles. The molecule has 2 heterocycles. The zero-order chi connectivity index (χ0) is 19.0. The van der Waals surface area contributed by atoms with Gasteiger partial charge in [0.1, 0.15) is 12.2 Å². The topological polar surface area (TPSA) is 84.3 Å². The summed E-state index contributed by atoms with van der Waals surface area (Å²) in [6, 6.07) is 5.64. The van der Waals surface area contributed by atoms with E-state index in [1.165, 1.54) is 9.47 Å². The van der Waals surface area contributed by atoms with E-state index in [1.807, 2.05) is 32.0 Å². The largest absolute Gasteiger partial charge is 0.332 e. The molecule has 0 spiro atoms. The van der Waals surface area contributed by atoms with Crippen LogP contribution in [0.15, 0.2) is 23.0 Å². The molecule has 3 rings (SSSR count). The summed E-state index contributed by atoms with van der Waals surface area (Å²) < 4.78 is 1.47. The Hall–Kier alpha value is -2.96. The van der Waals surface area contributed by atoms with Crippen LogP contribution in [0, 0.1) is 20.8 Å². The molecule has 2 aromatic rings. The van der Waals surface area contributed by atoms with Gasteiger partial charge in [-0.15, -0.1) is 0 Å². The van der Waals surface area contributed by atoms with Crippen molar-refractivity contribution in [1.82, 2.24) is 14.5 Å². The number of carbonyl (C=O) groups is 2. The van der Waals surface area contributed by atoms with Crippen LogP contribution >= 0.6 is 0 Å². The average Bonchev–Trinajstić information content (AvgIpc) is 3.01. The Morgan fingerprint density at radius 1 is 1.19 bits per heavy atom. The molecule has 0 bridgehead atoms. The van der Waals surface area contributed by atoms with Gasteiger partial charge in [-0.25, -0.2) is 4.98 Å². The summed E-state index contributed by atoms with van der Waals surface area (Å²) in [5.74, 6) is -0.0714. The smallest absolute Gasteiger partial charge is 0.258 e. The van der Waals surface area contributed by atoms with Crippen LogP contribution in [0.3, 0.4) is 0 Å². The van der Waals surface area contributed by atoms with Gasteiger partial charge in [0.05, 0.1) is 24.3 Å². The highest BCUT2D eigenvalue weighted by atomic mass is 16.2. The number of rotatable bonds is 3. The second kappa shape index (κ2) is 6.74. The van der Waals surface area contributed by atoms with Gasteiger partial charge in [0, 0.05) is 12.7 Å². The van der Waals surface area contributed by atoms with Gasteiger partial charge >= 0.3 is 0 Å². The van der Waals surface area contributed by atoms with Crippen molar-refractivity contribution in [2.24, 2.45) is 7.05 Å². The van der Waals surface area contributed by atoms with Crippen LogP contribution in [-0.4, -0.2) is 26.3 Å². The fraction of sp³-hybridized carbons (Fsp3) is 0.368. The molecule has 7 heteroatoms. The summed E-state index contributed by atoms with van der Waals surface area (Å²) in [6.07, 6.45) is -0.263. The Labute approximate surface area is 151 Å². The third-order valence-corrected chi connectivity index (χ3v) is 4.93. The molecule has 0 saturated carbocycles. The highest BCUT2D eigenvalue weighted by molar-refractivity contribution is 6.04. The van der Waals surface area contributed by atoms with Crippen LogP contribution in [0.25, 0.3) is 0 Å². The molecule has 7 nitrogen and oxygen atoms in total. The van der Waals surface area contributed by atoms with E-state index in [4.69, 9.17) is 0 Å². The van der Waals surface area contributed by atoms with Crippen molar-refractivity contribution in [3.63, 3.8) is 0 Å². The number of hydrogen-bond donors (Lipinski definition) is 1. The van der Waals surface area contributed by atoms with Crippen molar-refractivity contribution >= 4 is 17.5 Å². The standard InChI is InChI=1S/C19H22N4O3/c1-11-6-5-7-15(12(11)2)21-17(24)8-18(25)23-9-14-16(10-23)20-13(3)22(4)19(14)26/h5-7H,8-10H2,1-4H3,(H,21,24). The quantitative estimate of drug-likeness (QED) is 0.848. The zero-order valence-corrected chi connectivity index (χ0v) is 15.4. The Morgan fingerprint density at radius 2 is 1.92 bits per heavy atom. The van der Waals surface area contributed by atoms with Crippen molar-refractivity contribution in [1.29, 1.82) is 0 Å². The first-order chi connectivity index (χ1) is 12.3. The van der Waals surface area contributed by atoms with Crippen molar-refractivity contribution in [3.8, 4) is 0 Å². The highest BCUT2D eigenvalue weighted by Crippen LogP contribution is 2.20. The summed E-state index contributed by atoms with van der Waals surface area (Å²) in [5, 5.41) is 2.79. The number of nitrogens with one attached hydrogen (secondary N) is 1. The van der Waals surface area contributed by atoms with E-state index in [-0.39, 0.29) is 36.9 Å². The molecule has 1 aliphatic rings. The molecular formula is C19H22N4O3. The second-order valence-electron chi connectivity index (χ2n) is 6.67. The molecular weight excluding hydrogens is 332 g/mol. The lowest BCUT2D eigenvalue weighted by molar-refractivity contribution is -0.135. The summed E-state index contributed by atoms with van der Waals surface area (Å²) in [6.45, 7) is 6.11. The Morgan fingerprint density at radius 3 is 2.65 bits per heavy atom. The first kappa shape index (κ1) is 17.8. The zero-order valence-electron chi connectivity index (χ0n) is 15.4. The molecule has 1 N–H and O–H groups in total. The summed E-state index contributed by atoms with van der Waals surface area (Å²) >= 11 is 0. The summed E-state index contributed by atoms with van der Waals surface area (Å²) in [7, 11) is 1.66. The second-order valence-corrected chi connectivity index (χ2v) is 6.67. The third-order valence-electron chi connectivity index (χ3n) is 4.93. The SMILES string of the molecule is Cc1cccc(NC(=O)CC(=O)N2Cc3nc(C)n(C)c(=O)c3C2)c1C. The Balaban J connectivity index is 1.68. The van der Waals surface area contributed by atoms with E-state index in [0.717, 1.165) is 11.1 Å². The van der Waals surface area contributed by atoms with Crippen LogP contribution in [0.5, 0.6) is 0 Å². The van der Waals surface area contributed by atoms with E-state index in [1.54, 1.807) is 14.0 Å². The van der Waals surface area contributed by atoms with Gasteiger partial charge in [0.25, 0.3) is 5.56 Å². The molecule has 0 unspecified atom stereocenters. The molecule has 26 heavy (non-hydrogen) atoms. The van der Waals surface area contributed by atoms with E-state index in [0.29, 0.717) is 22.8 Å². The fourth-order valence-electron chi connectivity index (χ4n) is 3.03. The maximum Gasteiger partial charge on any atom is 0.258 e. The van der Waals surface area contributed by atoms with Crippen LogP contribution in [0.2, 0.25) is 0 Å². The van der Waals surface area contributed by atoms with Crippen molar-refractivity contribution in [2.45, 2.75) is 40.3 Å². The number of aromatic nitrogens is 2. The van der Waals surface area contributed by atoms with Gasteiger partial charge in [-0.3, -0.25) is 19.0 Å². The molecule has 1 aromatic carbocycles. The lowest BCUT2D eigenvalue weighted by atomic mass is 10.1. The maximum absolute atomic E-state index is 12.5. The molecule has 0 saturated heterocycles. The van der Waals surface area contributed by atoms with E-state index < -0.39 is 0 Å². The van der Waals surface area contributed by atoms with Gasteiger partial charge in [0.2, 0.25) is 11.8 Å². The Kier molecular flexibility index (Phi) is 4.63. The van der Waals surface area contributed by atoms with Gasteiger partial charge < -0.3 is 10.2 Å². The first-order valence-corrected chi connectivity index (χ1v) is 8.47. The lowest BCUT2D eigenvalue weighted by Gasteiger charge is -2.15. The van der Waals surface area contributed by atoms with Crippen molar-refractivity contribution in [3.05, 3.63) is 56.8 Å². The number of amides is 2. The van der Waals surface area contributed by atoms with Gasteiger partial charge in [-0.2, -0.15) is 0 Å². The summed E-state index contributed by atoms with van der Waals surface area (Å²) in [4.78, 5) is 42.9. The minimum atomic E-state index is -0.364. The minimum absolute atomic E-state index is 0.136. The van der Waals surface area contributed by atoms with Gasteiger partial charge in [-0.1, -0.05) is 12.1 Å². The molecule has 1 aromatic heterocycles. The summed E-state index contributed by atoms with van der Waals surface area (Å²) in [5.41, 5.74) is 3.77. The van der Waals surface area contributed by atoms with Crippen LogP contribution in [0.1, 0.15) is 34.6 Å².